The number of carbonyl (C=O) groups is 1. The Morgan fingerprint density at radius 2 is 1.90 bits per heavy atom. The van der Waals surface area contributed by atoms with Crippen molar-refractivity contribution in [1.29, 1.82) is 0 Å². The van der Waals surface area contributed by atoms with Crippen molar-refractivity contribution in [3.63, 3.8) is 0 Å². The largest absolute Gasteiger partial charge is 0.497 e. The quantitative estimate of drug-likeness (QED) is 0.677. The van der Waals surface area contributed by atoms with Gasteiger partial charge in [-0.3, -0.25) is 4.79 Å². The molecule has 20 heavy (non-hydrogen) atoms. The van der Waals surface area contributed by atoms with Gasteiger partial charge in [0.15, 0.2) is 0 Å². The summed E-state index contributed by atoms with van der Waals surface area (Å²) in [7, 11) is 3.14. The highest BCUT2D eigenvalue weighted by atomic mass is 32.1. The van der Waals surface area contributed by atoms with E-state index in [9.17, 15) is 4.79 Å². The van der Waals surface area contributed by atoms with Gasteiger partial charge in [-0.25, -0.2) is 0 Å². The van der Waals surface area contributed by atoms with E-state index in [1.807, 2.05) is 17.5 Å². The lowest BCUT2D eigenvalue weighted by molar-refractivity contribution is 0.103. The van der Waals surface area contributed by atoms with Gasteiger partial charge in [0.1, 0.15) is 11.5 Å². The Kier molecular flexibility index (Phi) is 3.46. The number of ether oxygens (including phenoxy) is 2. The molecule has 2 heterocycles. The van der Waals surface area contributed by atoms with Crippen LogP contribution in [0.15, 0.2) is 35.7 Å². The average Bonchev–Trinajstić information content (AvgIpc) is 3.07. The summed E-state index contributed by atoms with van der Waals surface area (Å²) in [4.78, 5) is 13.3. The smallest absolute Gasteiger partial charge is 0.206 e. The normalized spacial score (nSPS) is 10.7. The molecule has 0 N–H and O–H groups in total. The molecular weight excluding hydrogens is 292 g/mol. The molecule has 3 nitrogen and oxygen atoms in total. The number of carbonyl (C=O) groups excluding carboxylic acids is 1. The van der Waals surface area contributed by atoms with Crippen LogP contribution in [0.2, 0.25) is 0 Å². The molecule has 102 valence electrons. The van der Waals surface area contributed by atoms with Gasteiger partial charge in [-0.2, -0.15) is 0 Å². The molecule has 0 fully saturated rings. The van der Waals surface area contributed by atoms with Gasteiger partial charge in [0.05, 0.1) is 24.7 Å². The molecule has 0 radical (unpaired) electrons. The first-order chi connectivity index (χ1) is 9.72. The first kappa shape index (κ1) is 13.1. The highest BCUT2D eigenvalue weighted by Crippen LogP contribution is 2.33. The molecule has 0 amide bonds. The molecule has 0 aliphatic heterocycles. The van der Waals surface area contributed by atoms with E-state index in [1.165, 1.54) is 11.3 Å². The van der Waals surface area contributed by atoms with Gasteiger partial charge < -0.3 is 9.47 Å². The molecule has 1 aromatic carbocycles. The van der Waals surface area contributed by atoms with Gasteiger partial charge in [-0.1, -0.05) is 0 Å². The van der Waals surface area contributed by atoms with E-state index in [-0.39, 0.29) is 5.78 Å². The lowest BCUT2D eigenvalue weighted by Crippen LogP contribution is -2.02. The first-order valence-corrected chi connectivity index (χ1v) is 7.66. The summed E-state index contributed by atoms with van der Waals surface area (Å²) in [6.45, 7) is 0. The van der Waals surface area contributed by atoms with Crippen LogP contribution in [0.25, 0.3) is 9.40 Å². The molecular formula is C15H12O3S2. The zero-order valence-electron chi connectivity index (χ0n) is 11.0. The SMILES string of the molecule is COc1ccc(C(=O)c2cc3sccc3s2)c(OC)c1. The molecule has 3 aromatic rings. The van der Waals surface area contributed by atoms with Crippen molar-refractivity contribution in [2.45, 2.75) is 0 Å². The van der Waals surface area contributed by atoms with E-state index >= 15 is 0 Å². The van der Waals surface area contributed by atoms with Crippen LogP contribution in [0.3, 0.4) is 0 Å². The molecule has 0 bridgehead atoms. The number of rotatable bonds is 4. The van der Waals surface area contributed by atoms with E-state index in [1.54, 1.807) is 43.8 Å². The van der Waals surface area contributed by atoms with Crippen molar-refractivity contribution in [3.8, 4) is 11.5 Å². The van der Waals surface area contributed by atoms with E-state index in [4.69, 9.17) is 9.47 Å². The second kappa shape index (κ2) is 5.26. The Morgan fingerprint density at radius 3 is 2.60 bits per heavy atom. The Labute approximate surface area is 124 Å². The van der Waals surface area contributed by atoms with Gasteiger partial charge in [-0.15, -0.1) is 22.7 Å². The summed E-state index contributed by atoms with van der Waals surface area (Å²) in [5.41, 5.74) is 0.558. The van der Waals surface area contributed by atoms with Crippen molar-refractivity contribution >= 4 is 37.9 Å². The highest BCUT2D eigenvalue weighted by Gasteiger charge is 2.18. The molecule has 3 rings (SSSR count). The highest BCUT2D eigenvalue weighted by molar-refractivity contribution is 7.28. The van der Waals surface area contributed by atoms with Gasteiger partial charge in [0.2, 0.25) is 5.78 Å². The van der Waals surface area contributed by atoms with Crippen LogP contribution in [-0.2, 0) is 0 Å². The maximum atomic E-state index is 12.6. The lowest BCUT2D eigenvalue weighted by Gasteiger charge is -2.08. The molecule has 0 spiro atoms. The Morgan fingerprint density at radius 1 is 1.05 bits per heavy atom. The summed E-state index contributed by atoms with van der Waals surface area (Å²) in [5.74, 6) is 1.19. The number of fused-ring (bicyclic) bond motifs is 1. The number of methoxy groups -OCH3 is 2. The van der Waals surface area contributed by atoms with E-state index in [2.05, 4.69) is 0 Å². The second-order valence-corrected chi connectivity index (χ2v) is 6.19. The number of thiophene rings is 2. The maximum absolute atomic E-state index is 12.6. The van der Waals surface area contributed by atoms with Gasteiger partial charge in [0, 0.05) is 15.5 Å². The van der Waals surface area contributed by atoms with Crippen molar-refractivity contribution in [3.05, 3.63) is 46.2 Å². The summed E-state index contributed by atoms with van der Waals surface area (Å²) in [6, 6.07) is 9.21. The predicted molar refractivity (Wildman–Crippen MR) is 82.7 cm³/mol. The van der Waals surface area contributed by atoms with Gasteiger partial charge in [0.25, 0.3) is 0 Å². The maximum Gasteiger partial charge on any atom is 0.206 e. The minimum absolute atomic E-state index is 0.0158. The van der Waals surface area contributed by atoms with E-state index in [0.717, 1.165) is 14.3 Å². The van der Waals surface area contributed by atoms with Crippen LogP contribution in [0.5, 0.6) is 11.5 Å². The summed E-state index contributed by atoms with van der Waals surface area (Å²) in [5, 5.41) is 2.03. The summed E-state index contributed by atoms with van der Waals surface area (Å²) in [6.07, 6.45) is 0. The number of benzene rings is 1. The van der Waals surface area contributed by atoms with Crippen LogP contribution in [0, 0.1) is 0 Å². The topological polar surface area (TPSA) is 35.5 Å². The minimum Gasteiger partial charge on any atom is -0.497 e. The third-order valence-electron chi connectivity index (χ3n) is 3.02. The molecule has 0 saturated carbocycles. The van der Waals surface area contributed by atoms with Gasteiger partial charge in [-0.05, 0) is 29.6 Å². The Bertz CT molecular complexity index is 742. The van der Waals surface area contributed by atoms with Crippen molar-refractivity contribution in [1.82, 2.24) is 0 Å². The Balaban J connectivity index is 2.03. The summed E-state index contributed by atoms with van der Waals surface area (Å²) < 4.78 is 12.7. The molecule has 0 unspecified atom stereocenters. The van der Waals surface area contributed by atoms with Gasteiger partial charge >= 0.3 is 0 Å². The number of ketones is 1. The fourth-order valence-corrected chi connectivity index (χ4v) is 4.06. The third-order valence-corrected chi connectivity index (χ3v) is 5.11. The summed E-state index contributed by atoms with van der Waals surface area (Å²) >= 11 is 3.15. The van der Waals surface area contributed by atoms with Crippen molar-refractivity contribution < 1.29 is 14.3 Å². The van der Waals surface area contributed by atoms with E-state index in [0.29, 0.717) is 17.1 Å². The predicted octanol–water partition coefficient (Wildman–Crippen LogP) is 4.21. The van der Waals surface area contributed by atoms with Crippen LogP contribution in [-0.4, -0.2) is 20.0 Å². The third kappa shape index (κ3) is 2.19. The zero-order valence-corrected chi connectivity index (χ0v) is 12.6. The van der Waals surface area contributed by atoms with Crippen molar-refractivity contribution in [2.75, 3.05) is 14.2 Å². The second-order valence-electron chi connectivity index (χ2n) is 4.16. The average molecular weight is 304 g/mol. The fourth-order valence-electron chi connectivity index (χ4n) is 2.00. The minimum atomic E-state index is -0.0158. The molecule has 0 atom stereocenters. The van der Waals surface area contributed by atoms with Crippen LogP contribution in [0.4, 0.5) is 0 Å². The number of hydrogen-bond donors (Lipinski definition) is 0. The van der Waals surface area contributed by atoms with Crippen LogP contribution in [0.1, 0.15) is 15.2 Å². The zero-order chi connectivity index (χ0) is 14.1. The molecule has 0 aliphatic rings. The fraction of sp³-hybridized carbons (Fsp3) is 0.133. The Hall–Kier alpha value is -1.85. The number of hydrogen-bond acceptors (Lipinski definition) is 5. The van der Waals surface area contributed by atoms with Crippen LogP contribution >= 0.6 is 22.7 Å². The first-order valence-electron chi connectivity index (χ1n) is 5.96. The monoisotopic (exact) mass is 304 g/mol. The molecule has 0 saturated heterocycles. The van der Waals surface area contributed by atoms with E-state index < -0.39 is 0 Å². The van der Waals surface area contributed by atoms with Crippen LogP contribution < -0.4 is 9.47 Å². The standard InChI is InChI=1S/C15H12O3S2/c1-17-9-3-4-10(11(7-9)18-2)15(16)14-8-13-12(20-14)5-6-19-13/h3-8H,1-2H3. The molecule has 0 aliphatic carbocycles. The van der Waals surface area contributed by atoms with Crippen molar-refractivity contribution in [2.24, 2.45) is 0 Å². The lowest BCUT2D eigenvalue weighted by atomic mass is 10.1. The molecule has 5 heteroatoms. The molecule has 2 aromatic heterocycles.